The average molecular weight is 449 g/mol. The molecule has 0 spiro atoms. The molecule has 2 rings (SSSR count). The molecule has 0 radical (unpaired) electrons. The molecule has 2 aromatic rings. The summed E-state index contributed by atoms with van der Waals surface area (Å²) in [5.41, 5.74) is 4.02. The molecule has 1 aromatic carbocycles. The van der Waals surface area contributed by atoms with E-state index in [0.717, 1.165) is 38.9 Å². The molecule has 1 amide bonds. The Morgan fingerprint density at radius 3 is 2.25 bits per heavy atom. The topological polar surface area (TPSA) is 65.3 Å². The van der Waals surface area contributed by atoms with Crippen LogP contribution in [-0.2, 0) is 12.8 Å². The predicted molar refractivity (Wildman–Crippen MR) is 116 cm³/mol. The minimum atomic E-state index is -0.326. The summed E-state index contributed by atoms with van der Waals surface area (Å²) in [6, 6.07) is 5.67. The Morgan fingerprint density at radius 2 is 1.75 bits per heavy atom. The van der Waals surface area contributed by atoms with E-state index in [2.05, 4.69) is 35.1 Å². The molecule has 152 valence electrons. The third-order valence-corrected chi connectivity index (χ3v) is 5.10. The molecular weight excluding hydrogens is 420 g/mol. The Labute approximate surface area is 175 Å². The van der Waals surface area contributed by atoms with E-state index in [1.165, 1.54) is 0 Å². The van der Waals surface area contributed by atoms with Crippen molar-refractivity contribution in [3.8, 4) is 5.75 Å². The van der Waals surface area contributed by atoms with Gasteiger partial charge in [0.25, 0.3) is 5.91 Å². The molecule has 0 aliphatic heterocycles. The van der Waals surface area contributed by atoms with Gasteiger partial charge in [0.05, 0.1) is 6.61 Å². The first-order valence-electron chi connectivity index (χ1n) is 9.68. The summed E-state index contributed by atoms with van der Waals surface area (Å²) in [5, 5.41) is 15.5. The average Bonchev–Trinajstić information content (AvgIpc) is 2.64. The van der Waals surface area contributed by atoms with Crippen LogP contribution in [0.25, 0.3) is 0 Å². The van der Waals surface area contributed by atoms with Crippen molar-refractivity contribution >= 4 is 27.5 Å². The number of benzene rings is 1. The van der Waals surface area contributed by atoms with Gasteiger partial charge in [0.15, 0.2) is 5.69 Å². The number of anilines is 1. The number of halogens is 1. The van der Waals surface area contributed by atoms with E-state index in [9.17, 15) is 10.0 Å². The van der Waals surface area contributed by atoms with Crippen molar-refractivity contribution in [2.45, 2.75) is 54.4 Å². The van der Waals surface area contributed by atoms with Crippen LogP contribution in [0.4, 0.5) is 5.69 Å². The van der Waals surface area contributed by atoms with Crippen LogP contribution < -0.4 is 14.8 Å². The third kappa shape index (κ3) is 4.85. The second-order valence-electron chi connectivity index (χ2n) is 7.37. The second-order valence-corrected chi connectivity index (χ2v) is 8.29. The zero-order chi connectivity index (χ0) is 21.0. The van der Waals surface area contributed by atoms with Gasteiger partial charge in [-0.15, -0.1) is 0 Å². The zero-order valence-electron chi connectivity index (χ0n) is 17.5. The molecule has 0 unspecified atom stereocenters. The Balaban J connectivity index is 2.51. The number of hydrogen-bond donors (Lipinski definition) is 1. The quantitative estimate of drug-likeness (QED) is 0.472. The molecule has 0 saturated carbocycles. The Bertz CT molecular complexity index is 854. The number of carbonyl (C=O) groups is 1. The standard InChI is InChI=1S/C22H29BrN2O3/c1-7-16-10-18(23)11-17(8-2)21(16)24-22(26)20-15(6)25(27)14(5)9-19(20)28-12-13(3)4/h9-11,13H,7-8,12H2,1-6H3,(H,24,26). The maximum Gasteiger partial charge on any atom is 0.265 e. The summed E-state index contributed by atoms with van der Waals surface area (Å²) in [6.07, 6.45) is 1.57. The van der Waals surface area contributed by atoms with E-state index >= 15 is 0 Å². The van der Waals surface area contributed by atoms with Gasteiger partial charge in [-0.1, -0.05) is 43.6 Å². The fourth-order valence-electron chi connectivity index (χ4n) is 3.13. The molecule has 6 heteroatoms. The molecule has 0 fully saturated rings. The molecule has 1 aromatic heterocycles. The second kappa shape index (κ2) is 9.41. The summed E-state index contributed by atoms with van der Waals surface area (Å²) in [4.78, 5) is 13.2. The molecule has 0 aliphatic carbocycles. The van der Waals surface area contributed by atoms with Crippen LogP contribution in [-0.4, -0.2) is 12.5 Å². The molecule has 0 aliphatic rings. The van der Waals surface area contributed by atoms with Crippen LogP contribution in [0.5, 0.6) is 5.75 Å². The summed E-state index contributed by atoms with van der Waals surface area (Å²) in [5.74, 6) is 0.426. The molecule has 1 N–H and O–H groups in total. The summed E-state index contributed by atoms with van der Waals surface area (Å²) in [6.45, 7) is 12.0. The van der Waals surface area contributed by atoms with E-state index in [-0.39, 0.29) is 11.5 Å². The van der Waals surface area contributed by atoms with E-state index in [0.29, 0.717) is 29.7 Å². The van der Waals surface area contributed by atoms with E-state index < -0.39 is 0 Å². The predicted octanol–water partition coefficient (Wildman–Crippen LogP) is 5.11. The number of nitrogens with one attached hydrogen (secondary N) is 1. The van der Waals surface area contributed by atoms with Gasteiger partial charge in [0.1, 0.15) is 11.3 Å². The lowest BCUT2D eigenvalue weighted by molar-refractivity contribution is -0.619. The van der Waals surface area contributed by atoms with Crippen molar-refractivity contribution in [2.75, 3.05) is 11.9 Å². The minimum absolute atomic E-state index is 0.285. The maximum absolute atomic E-state index is 13.2. The third-order valence-electron chi connectivity index (χ3n) is 4.64. The first-order valence-corrected chi connectivity index (χ1v) is 10.5. The normalized spacial score (nSPS) is 11.0. The highest BCUT2D eigenvalue weighted by Gasteiger charge is 2.25. The summed E-state index contributed by atoms with van der Waals surface area (Å²) < 4.78 is 7.65. The van der Waals surface area contributed by atoms with Gasteiger partial charge < -0.3 is 15.3 Å². The number of amides is 1. The number of carbonyl (C=O) groups excluding carboxylic acids is 1. The van der Waals surface area contributed by atoms with Gasteiger partial charge in [-0.25, -0.2) is 0 Å². The van der Waals surface area contributed by atoms with Crippen molar-refractivity contribution in [3.63, 3.8) is 0 Å². The fourth-order valence-corrected chi connectivity index (χ4v) is 3.68. The lowest BCUT2D eigenvalue weighted by Gasteiger charge is -2.19. The summed E-state index contributed by atoms with van der Waals surface area (Å²) >= 11 is 3.54. The van der Waals surface area contributed by atoms with Gasteiger partial charge >= 0.3 is 0 Å². The molecule has 1 heterocycles. The number of aromatic nitrogens is 1. The number of nitrogens with zero attached hydrogens (tertiary/aromatic N) is 1. The van der Waals surface area contributed by atoms with Gasteiger partial charge in [-0.2, -0.15) is 4.73 Å². The largest absolute Gasteiger partial charge is 0.618 e. The molecule has 0 bridgehead atoms. The Hall–Kier alpha value is -2.08. The first kappa shape index (κ1) is 22.2. The van der Waals surface area contributed by atoms with E-state index in [4.69, 9.17) is 4.74 Å². The SMILES string of the molecule is CCc1cc(Br)cc(CC)c1NC(=O)c1c(OCC(C)C)cc(C)[n+]([O-])c1C. The number of aryl methyl sites for hydroxylation is 3. The molecule has 5 nitrogen and oxygen atoms in total. The zero-order valence-corrected chi connectivity index (χ0v) is 19.1. The smallest absolute Gasteiger partial charge is 0.265 e. The highest BCUT2D eigenvalue weighted by Crippen LogP contribution is 2.30. The molecule has 28 heavy (non-hydrogen) atoms. The van der Waals surface area contributed by atoms with Crippen LogP contribution in [0.15, 0.2) is 22.7 Å². The highest BCUT2D eigenvalue weighted by molar-refractivity contribution is 9.10. The van der Waals surface area contributed by atoms with Gasteiger partial charge in [-0.3, -0.25) is 4.79 Å². The van der Waals surface area contributed by atoms with Crippen molar-refractivity contribution in [1.82, 2.24) is 0 Å². The van der Waals surface area contributed by atoms with Gasteiger partial charge in [0, 0.05) is 30.1 Å². The van der Waals surface area contributed by atoms with Crippen molar-refractivity contribution < 1.29 is 14.3 Å². The highest BCUT2D eigenvalue weighted by atomic mass is 79.9. The number of rotatable bonds is 7. The Morgan fingerprint density at radius 1 is 1.18 bits per heavy atom. The Kier molecular flexibility index (Phi) is 7.47. The van der Waals surface area contributed by atoms with Crippen LogP contribution in [0.2, 0.25) is 0 Å². The van der Waals surface area contributed by atoms with E-state index in [1.54, 1.807) is 19.9 Å². The summed E-state index contributed by atoms with van der Waals surface area (Å²) in [7, 11) is 0. The van der Waals surface area contributed by atoms with Gasteiger partial charge in [0.2, 0.25) is 5.69 Å². The maximum atomic E-state index is 13.2. The van der Waals surface area contributed by atoms with Gasteiger partial charge in [-0.05, 0) is 42.0 Å². The van der Waals surface area contributed by atoms with E-state index in [1.807, 2.05) is 26.0 Å². The lowest BCUT2D eigenvalue weighted by Crippen LogP contribution is -2.37. The lowest BCUT2D eigenvalue weighted by atomic mass is 10.0. The molecule has 0 saturated heterocycles. The first-order chi connectivity index (χ1) is 13.2. The molecule has 0 atom stereocenters. The van der Waals surface area contributed by atoms with Crippen molar-refractivity contribution in [1.29, 1.82) is 0 Å². The minimum Gasteiger partial charge on any atom is -0.618 e. The number of hydrogen-bond acceptors (Lipinski definition) is 3. The number of pyridine rings is 1. The fraction of sp³-hybridized carbons (Fsp3) is 0.455. The van der Waals surface area contributed by atoms with Crippen molar-refractivity contribution in [2.24, 2.45) is 5.92 Å². The van der Waals surface area contributed by atoms with Crippen LogP contribution in [0.3, 0.4) is 0 Å². The monoisotopic (exact) mass is 448 g/mol. The number of ether oxygens (including phenoxy) is 1. The van der Waals surface area contributed by atoms with Crippen LogP contribution >= 0.6 is 15.9 Å². The van der Waals surface area contributed by atoms with Crippen LogP contribution in [0.1, 0.15) is 60.6 Å². The molecular formula is C22H29BrN2O3. The van der Waals surface area contributed by atoms with Crippen molar-refractivity contribution in [3.05, 3.63) is 56.0 Å². The van der Waals surface area contributed by atoms with Crippen LogP contribution in [0, 0.1) is 25.0 Å².